The maximum atomic E-state index is 12.4. The summed E-state index contributed by atoms with van der Waals surface area (Å²) in [6.07, 6.45) is 0. The standard InChI is InChI=1S/C17H20N2O4S2/c1-3-24-11-12-4-6-13(7-5-12)17(20)19-15-10-14(25(18,21)22)8-9-16(15)23-2/h4-10H,3,11H2,1-2H3,(H,19,20)(H2,18,21,22). The Labute approximate surface area is 151 Å². The van der Waals surface area contributed by atoms with Crippen LogP contribution in [-0.4, -0.2) is 27.2 Å². The van der Waals surface area contributed by atoms with Gasteiger partial charge in [-0.1, -0.05) is 19.1 Å². The number of primary sulfonamides is 1. The number of hydrogen-bond acceptors (Lipinski definition) is 5. The van der Waals surface area contributed by atoms with E-state index in [1.165, 1.54) is 25.3 Å². The van der Waals surface area contributed by atoms with Crippen molar-refractivity contribution in [2.75, 3.05) is 18.2 Å². The van der Waals surface area contributed by atoms with Crippen LogP contribution in [0.1, 0.15) is 22.8 Å². The molecule has 0 atom stereocenters. The minimum absolute atomic E-state index is 0.101. The van der Waals surface area contributed by atoms with Gasteiger partial charge in [-0.05, 0) is 41.6 Å². The van der Waals surface area contributed by atoms with Crippen LogP contribution < -0.4 is 15.2 Å². The Hall–Kier alpha value is -2.03. The second-order valence-electron chi connectivity index (χ2n) is 5.20. The van der Waals surface area contributed by atoms with Gasteiger partial charge in [0.15, 0.2) is 0 Å². The van der Waals surface area contributed by atoms with E-state index < -0.39 is 10.0 Å². The van der Waals surface area contributed by atoms with E-state index >= 15 is 0 Å². The normalized spacial score (nSPS) is 11.2. The number of methoxy groups -OCH3 is 1. The van der Waals surface area contributed by atoms with E-state index in [1.54, 1.807) is 23.9 Å². The van der Waals surface area contributed by atoms with Gasteiger partial charge in [0.05, 0.1) is 17.7 Å². The van der Waals surface area contributed by atoms with Crippen LogP contribution in [0.2, 0.25) is 0 Å². The summed E-state index contributed by atoms with van der Waals surface area (Å²) in [4.78, 5) is 12.3. The van der Waals surface area contributed by atoms with Crippen molar-refractivity contribution in [1.29, 1.82) is 0 Å². The first-order chi connectivity index (χ1) is 11.8. The topological polar surface area (TPSA) is 98.5 Å². The van der Waals surface area contributed by atoms with Gasteiger partial charge < -0.3 is 10.1 Å². The zero-order valence-corrected chi connectivity index (χ0v) is 15.6. The van der Waals surface area contributed by atoms with Gasteiger partial charge in [0.1, 0.15) is 5.75 Å². The molecule has 2 rings (SSSR count). The van der Waals surface area contributed by atoms with Crippen LogP contribution in [0.25, 0.3) is 0 Å². The fraction of sp³-hybridized carbons (Fsp3) is 0.235. The average molecular weight is 380 g/mol. The Morgan fingerprint density at radius 2 is 1.88 bits per heavy atom. The molecule has 0 heterocycles. The highest BCUT2D eigenvalue weighted by Crippen LogP contribution is 2.27. The molecule has 2 aromatic carbocycles. The quantitative estimate of drug-likeness (QED) is 0.770. The molecule has 0 aliphatic heterocycles. The van der Waals surface area contributed by atoms with Crippen LogP contribution in [0, 0.1) is 0 Å². The molecule has 0 aliphatic rings. The van der Waals surface area contributed by atoms with Crippen LogP contribution in [0.3, 0.4) is 0 Å². The molecule has 3 N–H and O–H groups in total. The monoisotopic (exact) mass is 380 g/mol. The molecule has 0 radical (unpaired) electrons. The summed E-state index contributed by atoms with van der Waals surface area (Å²) < 4.78 is 28.1. The summed E-state index contributed by atoms with van der Waals surface area (Å²) in [6, 6.07) is 11.3. The second-order valence-corrected chi connectivity index (χ2v) is 8.03. The summed E-state index contributed by atoms with van der Waals surface area (Å²) >= 11 is 1.80. The third-order valence-electron chi connectivity index (χ3n) is 3.44. The molecule has 6 nitrogen and oxygen atoms in total. The van der Waals surface area contributed by atoms with Gasteiger partial charge in [0, 0.05) is 11.3 Å². The molecule has 0 unspecified atom stereocenters. The number of thioether (sulfide) groups is 1. The predicted molar refractivity (Wildman–Crippen MR) is 101 cm³/mol. The highest BCUT2D eigenvalue weighted by molar-refractivity contribution is 7.98. The first-order valence-corrected chi connectivity index (χ1v) is 10.2. The summed E-state index contributed by atoms with van der Waals surface area (Å²) in [5.41, 5.74) is 1.84. The van der Waals surface area contributed by atoms with Gasteiger partial charge in [-0.2, -0.15) is 11.8 Å². The summed E-state index contributed by atoms with van der Waals surface area (Å²) in [6.45, 7) is 2.09. The zero-order valence-electron chi connectivity index (χ0n) is 14.0. The molecule has 0 spiro atoms. The maximum absolute atomic E-state index is 12.4. The number of amides is 1. The van der Waals surface area contributed by atoms with Crippen LogP contribution in [0.5, 0.6) is 5.75 Å². The van der Waals surface area contributed by atoms with Crippen molar-refractivity contribution in [1.82, 2.24) is 0 Å². The molecule has 2 aromatic rings. The van der Waals surface area contributed by atoms with E-state index in [9.17, 15) is 13.2 Å². The largest absolute Gasteiger partial charge is 0.495 e. The molecule has 0 bridgehead atoms. The molecule has 0 saturated heterocycles. The summed E-state index contributed by atoms with van der Waals surface area (Å²) in [5.74, 6) is 1.90. The number of anilines is 1. The lowest BCUT2D eigenvalue weighted by atomic mass is 10.1. The Bertz CT molecular complexity index is 849. The number of hydrogen-bond donors (Lipinski definition) is 2. The summed E-state index contributed by atoms with van der Waals surface area (Å²) in [5, 5.41) is 7.80. The molecular formula is C17H20N2O4S2. The highest BCUT2D eigenvalue weighted by atomic mass is 32.2. The number of carbonyl (C=O) groups excluding carboxylic acids is 1. The number of nitrogens with two attached hydrogens (primary N) is 1. The van der Waals surface area contributed by atoms with E-state index in [-0.39, 0.29) is 16.5 Å². The number of carbonyl (C=O) groups is 1. The smallest absolute Gasteiger partial charge is 0.255 e. The van der Waals surface area contributed by atoms with E-state index in [4.69, 9.17) is 9.88 Å². The van der Waals surface area contributed by atoms with Gasteiger partial charge in [0.25, 0.3) is 5.91 Å². The SMILES string of the molecule is CCSCc1ccc(C(=O)Nc2cc(S(N)(=O)=O)ccc2OC)cc1. The molecule has 0 aliphatic carbocycles. The average Bonchev–Trinajstić information content (AvgIpc) is 2.59. The Kier molecular flexibility index (Phi) is 6.46. The van der Waals surface area contributed by atoms with Crippen molar-refractivity contribution in [3.05, 3.63) is 53.6 Å². The minimum Gasteiger partial charge on any atom is -0.495 e. The van der Waals surface area contributed by atoms with E-state index in [1.807, 2.05) is 12.1 Å². The fourth-order valence-electron chi connectivity index (χ4n) is 2.13. The predicted octanol–water partition coefficient (Wildman–Crippen LogP) is 2.85. The molecule has 1 amide bonds. The van der Waals surface area contributed by atoms with Crippen molar-refractivity contribution in [3.8, 4) is 5.75 Å². The van der Waals surface area contributed by atoms with Gasteiger partial charge in [0.2, 0.25) is 10.0 Å². The lowest BCUT2D eigenvalue weighted by Gasteiger charge is -2.12. The number of sulfonamides is 1. The molecule has 0 saturated carbocycles. The first-order valence-electron chi connectivity index (χ1n) is 7.54. The number of rotatable bonds is 7. The van der Waals surface area contributed by atoms with Gasteiger partial charge in [-0.15, -0.1) is 0 Å². The van der Waals surface area contributed by atoms with Gasteiger partial charge in [-0.3, -0.25) is 4.79 Å². The third-order valence-corrected chi connectivity index (χ3v) is 5.29. The molecule has 0 aromatic heterocycles. The zero-order chi connectivity index (χ0) is 18.4. The van der Waals surface area contributed by atoms with Gasteiger partial charge >= 0.3 is 0 Å². The maximum Gasteiger partial charge on any atom is 0.255 e. The molecule has 0 fully saturated rings. The molecule has 8 heteroatoms. The molecule has 25 heavy (non-hydrogen) atoms. The molecule has 134 valence electrons. The van der Waals surface area contributed by atoms with Crippen LogP contribution >= 0.6 is 11.8 Å². The van der Waals surface area contributed by atoms with Crippen molar-refractivity contribution in [2.24, 2.45) is 5.14 Å². The lowest BCUT2D eigenvalue weighted by molar-refractivity contribution is 0.102. The lowest BCUT2D eigenvalue weighted by Crippen LogP contribution is -2.15. The minimum atomic E-state index is -3.87. The molecular weight excluding hydrogens is 360 g/mol. The second kappa shape index (κ2) is 8.37. The Morgan fingerprint density at radius 1 is 1.20 bits per heavy atom. The van der Waals surface area contributed by atoms with E-state index in [0.29, 0.717) is 11.3 Å². The number of benzene rings is 2. The summed E-state index contributed by atoms with van der Waals surface area (Å²) in [7, 11) is -2.44. The van der Waals surface area contributed by atoms with Crippen molar-refractivity contribution in [2.45, 2.75) is 17.6 Å². The van der Waals surface area contributed by atoms with Gasteiger partial charge in [-0.25, -0.2) is 13.6 Å². The van der Waals surface area contributed by atoms with Crippen molar-refractivity contribution < 1.29 is 17.9 Å². The highest BCUT2D eigenvalue weighted by Gasteiger charge is 2.15. The van der Waals surface area contributed by atoms with E-state index in [0.717, 1.165) is 17.1 Å². The number of ether oxygens (including phenoxy) is 1. The van der Waals surface area contributed by atoms with Crippen molar-refractivity contribution in [3.63, 3.8) is 0 Å². The van der Waals surface area contributed by atoms with Crippen molar-refractivity contribution >= 4 is 33.4 Å². The Balaban J connectivity index is 2.22. The van der Waals surface area contributed by atoms with Crippen LogP contribution in [0.15, 0.2) is 47.4 Å². The Morgan fingerprint density at radius 3 is 2.44 bits per heavy atom. The van der Waals surface area contributed by atoms with Crippen LogP contribution in [0.4, 0.5) is 5.69 Å². The third kappa shape index (κ3) is 5.22. The first kappa shape index (κ1) is 19.3. The number of nitrogens with one attached hydrogen (secondary N) is 1. The fourth-order valence-corrected chi connectivity index (χ4v) is 3.30. The van der Waals surface area contributed by atoms with Crippen LogP contribution in [-0.2, 0) is 15.8 Å². The van der Waals surface area contributed by atoms with E-state index in [2.05, 4.69) is 12.2 Å².